The first-order valence-corrected chi connectivity index (χ1v) is 28.6. The third-order valence-corrected chi connectivity index (χ3v) is 19.0. The van der Waals surface area contributed by atoms with Gasteiger partial charge < -0.3 is 13.6 Å². The van der Waals surface area contributed by atoms with Crippen molar-refractivity contribution in [3.8, 4) is 62.0 Å². The molecule has 5 heterocycles. The Kier molecular flexibility index (Phi) is 9.82. The summed E-state index contributed by atoms with van der Waals surface area (Å²) in [6, 6.07) is 88.5. The van der Waals surface area contributed by atoms with Gasteiger partial charge in [-0.05, 0) is 81.9 Å². The van der Waals surface area contributed by atoms with E-state index in [2.05, 4.69) is 208 Å². The van der Waals surface area contributed by atoms with Crippen molar-refractivity contribution in [1.29, 1.82) is 5.26 Å². The Hall–Kier alpha value is -10.5. The van der Waals surface area contributed by atoms with Crippen molar-refractivity contribution in [2.75, 3.05) is 0 Å². The van der Waals surface area contributed by atoms with Crippen molar-refractivity contribution in [2.24, 2.45) is 0 Å². The van der Waals surface area contributed by atoms with Gasteiger partial charge in [-0.25, -0.2) is 4.85 Å². The average Bonchev–Trinajstić information content (AvgIpc) is 3.08. The van der Waals surface area contributed by atoms with Gasteiger partial charge in [0.2, 0.25) is 5.69 Å². The highest BCUT2D eigenvalue weighted by atomic mass is 32.1. The van der Waals surface area contributed by atoms with Crippen LogP contribution < -0.4 is 0 Å². The van der Waals surface area contributed by atoms with E-state index in [1.807, 2.05) is 54.6 Å². The van der Waals surface area contributed by atoms with Gasteiger partial charge >= 0.3 is 0 Å². The second-order valence-electron chi connectivity index (χ2n) is 20.7. The van der Waals surface area contributed by atoms with Crippen LogP contribution >= 0.6 is 22.7 Å². The van der Waals surface area contributed by atoms with Gasteiger partial charge in [-0.1, -0.05) is 194 Å². The van der Waals surface area contributed by atoms with Crippen LogP contribution in [0.25, 0.3) is 167 Å². The minimum atomic E-state index is 0.395. The molecule has 0 radical (unpaired) electrons. The van der Waals surface area contributed by atoms with E-state index in [-0.39, 0.29) is 0 Å². The summed E-state index contributed by atoms with van der Waals surface area (Å²) in [5.74, 6) is 0. The van der Waals surface area contributed by atoms with Gasteiger partial charge in [0.15, 0.2) is 0 Å². The number of hydrogen-bond donors (Lipinski definition) is 0. The van der Waals surface area contributed by atoms with Gasteiger partial charge in [0.05, 0.1) is 55.0 Å². The Morgan fingerprint density at radius 3 is 1.69 bits per heavy atom. The molecule has 0 bridgehead atoms. The molecule has 0 N–H and O–H groups in total. The molecule has 0 aliphatic carbocycles. The summed E-state index contributed by atoms with van der Waals surface area (Å²) in [7, 11) is 0. The summed E-state index contributed by atoms with van der Waals surface area (Å²) in [6.07, 6.45) is 0. The highest BCUT2D eigenvalue weighted by molar-refractivity contribution is 7.27. The Labute approximate surface area is 471 Å². The summed E-state index contributed by atoms with van der Waals surface area (Å²) >= 11 is 3.60. The highest BCUT2D eigenvalue weighted by Crippen LogP contribution is 2.56. The van der Waals surface area contributed by atoms with Crippen LogP contribution in [-0.4, -0.2) is 9.13 Å². The smallest absolute Gasteiger partial charge is 0.220 e. The lowest BCUT2D eigenvalue weighted by molar-refractivity contribution is 0.669. The summed E-state index contributed by atoms with van der Waals surface area (Å²) in [4.78, 5) is 4.65. The van der Waals surface area contributed by atoms with Crippen LogP contribution in [0.5, 0.6) is 0 Å². The fraction of sp³-hybridized carbons (Fsp3) is 0. The number of hydrogen-bond acceptors (Lipinski definition) is 4. The molecule has 7 heteroatoms. The average molecular weight is 1070 g/mol. The van der Waals surface area contributed by atoms with Crippen molar-refractivity contribution in [3.63, 3.8) is 0 Å². The Balaban J connectivity index is 1.12. The zero-order valence-electron chi connectivity index (χ0n) is 43.1. The first-order valence-electron chi connectivity index (χ1n) is 27.0. The zero-order chi connectivity index (χ0) is 53.4. The molecule has 0 unspecified atom stereocenters. The van der Waals surface area contributed by atoms with Crippen LogP contribution in [0.1, 0.15) is 5.56 Å². The molecule has 12 aromatic carbocycles. The van der Waals surface area contributed by atoms with Gasteiger partial charge in [0.25, 0.3) is 0 Å². The van der Waals surface area contributed by atoms with Gasteiger partial charge in [0.1, 0.15) is 17.2 Å². The second kappa shape index (κ2) is 17.5. The molecule has 0 aliphatic rings. The van der Waals surface area contributed by atoms with Crippen molar-refractivity contribution in [3.05, 3.63) is 260 Å². The summed E-state index contributed by atoms with van der Waals surface area (Å²) in [6.45, 7) is 9.56. The number of para-hydroxylation sites is 2. The van der Waals surface area contributed by atoms with Crippen LogP contribution in [0.3, 0.4) is 0 Å². The maximum absolute atomic E-state index is 12.4. The number of rotatable bonds is 6. The zero-order valence-corrected chi connectivity index (χ0v) is 44.7. The maximum atomic E-state index is 12.4. The molecule has 0 amide bonds. The number of furan rings is 1. The standard InChI is InChI=1S/C74H40N4OS2/c1-76-68-64(44-22-7-3-8-23-44)57(42-75)69(78-70-53(38-37-51-49-27-13-17-34-62(49)80-73(51)70)67-54(43-20-5-2-6-21-43)41-56-50-28-14-18-35-63(50)81-74(56)72(67)78)65(45-24-9-4-10-25-45)71(68)77-58-31-15-11-26-48(58)55-40-46(36-39-59(55)77)47-30-19-33-61-66(47)52-29-12-16-32-60(52)79-61/h2-41H. The summed E-state index contributed by atoms with van der Waals surface area (Å²) < 4.78 is 15.8. The lowest BCUT2D eigenvalue weighted by Gasteiger charge is -2.26. The molecule has 0 saturated heterocycles. The van der Waals surface area contributed by atoms with E-state index in [1.54, 1.807) is 22.7 Å². The third-order valence-electron chi connectivity index (χ3n) is 16.6. The second-order valence-corrected chi connectivity index (χ2v) is 22.9. The molecule has 374 valence electrons. The van der Waals surface area contributed by atoms with Crippen LogP contribution in [0.2, 0.25) is 0 Å². The molecule has 0 atom stereocenters. The molecule has 0 fully saturated rings. The summed E-state index contributed by atoms with van der Waals surface area (Å²) in [5.41, 5.74) is 15.3. The lowest BCUT2D eigenvalue weighted by Crippen LogP contribution is -2.09. The Bertz CT molecular complexity index is 5610. The van der Waals surface area contributed by atoms with Crippen molar-refractivity contribution in [1.82, 2.24) is 9.13 Å². The molecule has 17 rings (SSSR count). The molecular formula is C74H40N4OS2. The first-order chi connectivity index (χ1) is 40.1. The van der Waals surface area contributed by atoms with Crippen LogP contribution in [0, 0.1) is 17.9 Å². The predicted octanol–water partition coefficient (Wildman–Crippen LogP) is 21.6. The fourth-order valence-electron chi connectivity index (χ4n) is 13.2. The van der Waals surface area contributed by atoms with E-state index >= 15 is 0 Å². The normalized spacial score (nSPS) is 11.9. The molecule has 5 aromatic heterocycles. The van der Waals surface area contributed by atoms with E-state index in [0.29, 0.717) is 22.5 Å². The maximum Gasteiger partial charge on any atom is 0.220 e. The Morgan fingerprint density at radius 2 is 0.975 bits per heavy atom. The van der Waals surface area contributed by atoms with E-state index in [1.165, 1.54) is 20.2 Å². The molecule has 0 aliphatic heterocycles. The largest absolute Gasteiger partial charge is 0.456 e. The minimum Gasteiger partial charge on any atom is -0.456 e. The lowest BCUT2D eigenvalue weighted by atomic mass is 9.88. The number of fused-ring (bicyclic) bond motifs is 17. The summed E-state index contributed by atoms with van der Waals surface area (Å²) in [5, 5.41) is 23.5. The van der Waals surface area contributed by atoms with Crippen molar-refractivity contribution >= 4 is 134 Å². The van der Waals surface area contributed by atoms with Gasteiger partial charge in [-0.15, -0.1) is 22.7 Å². The monoisotopic (exact) mass is 1060 g/mol. The predicted molar refractivity (Wildman–Crippen MR) is 341 cm³/mol. The highest BCUT2D eigenvalue weighted by Gasteiger charge is 2.34. The van der Waals surface area contributed by atoms with Gasteiger partial charge in [0, 0.05) is 74.4 Å². The number of nitrogens with zero attached hydrogens (tertiary/aromatic N) is 4. The molecule has 0 spiro atoms. The molecule has 5 nitrogen and oxygen atoms in total. The topological polar surface area (TPSA) is 51.1 Å². The van der Waals surface area contributed by atoms with Gasteiger partial charge in [-0.3, -0.25) is 0 Å². The number of nitriles is 1. The Morgan fingerprint density at radius 1 is 0.395 bits per heavy atom. The van der Waals surface area contributed by atoms with Crippen molar-refractivity contribution < 1.29 is 4.42 Å². The van der Waals surface area contributed by atoms with Gasteiger partial charge in [-0.2, -0.15) is 5.26 Å². The van der Waals surface area contributed by atoms with Crippen LogP contribution in [0.4, 0.5) is 5.69 Å². The molecule has 17 aromatic rings. The number of thiophene rings is 2. The van der Waals surface area contributed by atoms with Crippen LogP contribution in [0.15, 0.2) is 247 Å². The van der Waals surface area contributed by atoms with E-state index < -0.39 is 0 Å². The molecule has 0 saturated carbocycles. The van der Waals surface area contributed by atoms with E-state index in [9.17, 15) is 11.8 Å². The minimum absolute atomic E-state index is 0.395. The van der Waals surface area contributed by atoms with E-state index in [0.717, 1.165) is 130 Å². The molecule has 81 heavy (non-hydrogen) atoms. The third kappa shape index (κ3) is 6.45. The first kappa shape index (κ1) is 45.5. The fourth-order valence-corrected chi connectivity index (χ4v) is 15.7. The van der Waals surface area contributed by atoms with E-state index in [4.69, 9.17) is 4.42 Å². The number of benzene rings is 12. The van der Waals surface area contributed by atoms with Crippen LogP contribution in [-0.2, 0) is 0 Å². The van der Waals surface area contributed by atoms with Crippen molar-refractivity contribution in [2.45, 2.75) is 0 Å². The number of aromatic nitrogens is 2. The molecular weight excluding hydrogens is 1020 g/mol. The SMILES string of the molecule is [C-]#[N+]c1c(-c2ccccc2)c(C#N)c(-n2c3c(ccc4c5ccccc5sc43)c3c(-c4ccccc4)cc4c5ccccc5sc4c32)c(-c2ccccc2)c1-n1c2ccccc2c2cc(-c3cccc4oc5ccccc5c34)ccc21. The quantitative estimate of drug-likeness (QED) is 0.156.